The number of hydrogen-bond donors (Lipinski definition) is 6. The first-order valence-corrected chi connectivity index (χ1v) is 7.40. The Morgan fingerprint density at radius 1 is 1.32 bits per heavy atom. The van der Waals surface area contributed by atoms with Gasteiger partial charge in [-0.25, -0.2) is 0 Å². The summed E-state index contributed by atoms with van der Waals surface area (Å²) < 4.78 is 11.7. The highest BCUT2D eigenvalue weighted by Crippen LogP contribution is 2.22. The molecule has 1 fully saturated rings. The van der Waals surface area contributed by atoms with E-state index in [0.29, 0.717) is 0 Å². The molecule has 2 rings (SSSR count). The maximum atomic E-state index is 11.9. The van der Waals surface area contributed by atoms with Crippen molar-refractivity contribution in [2.24, 2.45) is 5.73 Å². The molecule has 25 heavy (non-hydrogen) atoms. The van der Waals surface area contributed by atoms with Crippen LogP contribution in [0.15, 0.2) is 23.3 Å². The van der Waals surface area contributed by atoms with E-state index in [-0.39, 0.29) is 12.3 Å². The van der Waals surface area contributed by atoms with Crippen LogP contribution in [0.1, 0.15) is 0 Å². The Kier molecular flexibility index (Phi) is 6.11. The number of carboxylic acid groups (broad SMARTS) is 1. The normalized spacial score (nSPS) is 30.7. The molecule has 0 aromatic carbocycles. The Balaban J connectivity index is 2.18. The second-order valence-electron chi connectivity index (χ2n) is 5.63. The number of hydrogen-bond acceptors (Lipinski definition) is 9. The van der Waals surface area contributed by atoms with Crippen LogP contribution in [0.3, 0.4) is 0 Å². The zero-order valence-electron chi connectivity index (χ0n) is 13.0. The lowest BCUT2D eigenvalue weighted by atomic mass is 9.99. The Morgan fingerprint density at radius 3 is 2.60 bits per heavy atom. The van der Waals surface area contributed by atoms with Gasteiger partial charge in [0, 0.05) is 18.8 Å². The number of aliphatic hydroxyl groups is 4. The fraction of sp³-hybridized carbons (Fsp3) is 0.571. The van der Waals surface area contributed by atoms with Crippen LogP contribution in [0, 0.1) is 0 Å². The number of nitrogens with two attached hydrogens (primary N) is 1. The zero-order chi connectivity index (χ0) is 18.7. The molecule has 6 atom stereocenters. The Bertz CT molecular complexity index is 662. The number of aliphatic hydroxyl groups excluding tert-OH is 4. The van der Waals surface area contributed by atoms with E-state index in [1.54, 1.807) is 0 Å². The summed E-state index contributed by atoms with van der Waals surface area (Å²) in [6.07, 6.45) is -5.10. The maximum Gasteiger partial charge on any atom is 0.322 e. The molecule has 1 unspecified atom stereocenters. The van der Waals surface area contributed by atoms with Crippen LogP contribution in [-0.4, -0.2) is 79.4 Å². The van der Waals surface area contributed by atoms with Gasteiger partial charge in [-0.05, 0) is 0 Å². The molecule has 140 valence electrons. The third-order valence-corrected chi connectivity index (χ3v) is 3.76. The third kappa shape index (κ3) is 4.34. The molecule has 11 nitrogen and oxygen atoms in total. The van der Waals surface area contributed by atoms with Crippen LogP contribution in [-0.2, 0) is 16.1 Å². The minimum absolute atomic E-state index is 0.138. The summed E-state index contributed by atoms with van der Waals surface area (Å²) in [5.41, 5.74) is 4.83. The smallest absolute Gasteiger partial charge is 0.322 e. The molecular weight excluding hydrogens is 340 g/mol. The van der Waals surface area contributed by atoms with Gasteiger partial charge in [0.05, 0.1) is 12.8 Å². The van der Waals surface area contributed by atoms with Crippen LogP contribution in [0.4, 0.5) is 0 Å². The molecule has 0 aliphatic carbocycles. The third-order valence-electron chi connectivity index (χ3n) is 3.76. The second-order valence-corrected chi connectivity index (χ2v) is 5.63. The number of rotatable bonds is 6. The van der Waals surface area contributed by atoms with E-state index < -0.39 is 54.8 Å². The topological polar surface area (TPSA) is 185 Å². The van der Waals surface area contributed by atoms with Crippen molar-refractivity contribution in [3.63, 3.8) is 0 Å². The summed E-state index contributed by atoms with van der Waals surface area (Å²) in [7, 11) is 0. The van der Waals surface area contributed by atoms with Crippen LogP contribution in [0.2, 0.25) is 0 Å². The first kappa shape index (κ1) is 19.3. The monoisotopic (exact) mass is 360 g/mol. The first-order valence-electron chi connectivity index (χ1n) is 7.40. The molecule has 0 amide bonds. The van der Waals surface area contributed by atoms with Crippen molar-refractivity contribution < 1.29 is 39.8 Å². The molecule has 0 spiro atoms. The largest absolute Gasteiger partial charge is 0.480 e. The standard InChI is InChI=1S/C14H20N2O9/c15-6(13(22)23)3-16-2-1-7(18)8(4-16)24-14-12(21)11(20)10(19)9(5-17)25-14/h1-2,4,6,9-12,14,17,19-21H,3,5,15H2,(H,22,23)/t6?,9-,10-,11+,12-,14-/m1/s1. The number of aliphatic carboxylic acids is 1. The van der Waals surface area contributed by atoms with E-state index in [0.717, 1.165) is 6.07 Å². The van der Waals surface area contributed by atoms with E-state index in [1.165, 1.54) is 17.0 Å². The first-order chi connectivity index (χ1) is 11.7. The summed E-state index contributed by atoms with van der Waals surface area (Å²) in [6, 6.07) is -0.101. The predicted molar refractivity (Wildman–Crippen MR) is 80.7 cm³/mol. The number of pyridine rings is 1. The molecule has 1 aromatic rings. The number of aromatic nitrogens is 1. The fourth-order valence-corrected chi connectivity index (χ4v) is 2.30. The van der Waals surface area contributed by atoms with Crippen molar-refractivity contribution in [2.45, 2.75) is 43.3 Å². The van der Waals surface area contributed by atoms with Gasteiger partial charge in [0.2, 0.25) is 11.7 Å². The molecule has 0 saturated carbocycles. The summed E-state index contributed by atoms with van der Waals surface area (Å²) in [4.78, 5) is 22.7. The van der Waals surface area contributed by atoms with Gasteiger partial charge in [-0.3, -0.25) is 9.59 Å². The predicted octanol–water partition coefficient (Wildman–Crippen LogP) is -3.56. The van der Waals surface area contributed by atoms with Crippen LogP contribution in [0.5, 0.6) is 5.75 Å². The molecule has 0 radical (unpaired) electrons. The molecule has 1 aliphatic rings. The van der Waals surface area contributed by atoms with Crippen molar-refractivity contribution in [3.8, 4) is 5.75 Å². The Hall–Kier alpha value is -2.02. The lowest BCUT2D eigenvalue weighted by Gasteiger charge is -2.39. The van der Waals surface area contributed by atoms with Gasteiger partial charge in [-0.1, -0.05) is 0 Å². The second kappa shape index (κ2) is 7.91. The maximum absolute atomic E-state index is 11.9. The quantitative estimate of drug-likeness (QED) is 0.296. The van der Waals surface area contributed by atoms with Crippen LogP contribution < -0.4 is 15.9 Å². The van der Waals surface area contributed by atoms with Crippen molar-refractivity contribution in [3.05, 3.63) is 28.7 Å². The van der Waals surface area contributed by atoms with Gasteiger partial charge < -0.3 is 45.3 Å². The van der Waals surface area contributed by atoms with Crippen molar-refractivity contribution >= 4 is 5.97 Å². The highest BCUT2D eigenvalue weighted by atomic mass is 16.7. The number of carboxylic acids is 1. The molecule has 7 N–H and O–H groups in total. The average molecular weight is 360 g/mol. The minimum atomic E-state index is -1.67. The Labute approximate surface area is 141 Å². The Morgan fingerprint density at radius 2 is 2.00 bits per heavy atom. The average Bonchev–Trinajstić information content (AvgIpc) is 2.58. The van der Waals surface area contributed by atoms with Crippen molar-refractivity contribution in [1.82, 2.24) is 4.57 Å². The van der Waals surface area contributed by atoms with Crippen LogP contribution in [0.25, 0.3) is 0 Å². The van der Waals surface area contributed by atoms with Gasteiger partial charge in [0.15, 0.2) is 5.75 Å². The van der Waals surface area contributed by atoms with Gasteiger partial charge in [0.25, 0.3) is 0 Å². The van der Waals surface area contributed by atoms with Crippen molar-refractivity contribution in [1.29, 1.82) is 0 Å². The van der Waals surface area contributed by atoms with Gasteiger partial charge in [0.1, 0.15) is 30.5 Å². The number of ether oxygens (including phenoxy) is 2. The summed E-state index contributed by atoms with van der Waals surface area (Å²) in [5, 5.41) is 47.3. The van der Waals surface area contributed by atoms with Gasteiger partial charge >= 0.3 is 5.97 Å². The number of nitrogens with zero attached hydrogens (tertiary/aromatic N) is 1. The fourth-order valence-electron chi connectivity index (χ4n) is 2.30. The highest BCUT2D eigenvalue weighted by molar-refractivity contribution is 5.72. The van der Waals surface area contributed by atoms with Gasteiger partial charge in [-0.15, -0.1) is 0 Å². The molecule has 0 bridgehead atoms. The van der Waals surface area contributed by atoms with E-state index >= 15 is 0 Å². The van der Waals surface area contributed by atoms with E-state index in [9.17, 15) is 24.9 Å². The number of carbonyl (C=O) groups is 1. The zero-order valence-corrected chi connectivity index (χ0v) is 13.0. The highest BCUT2D eigenvalue weighted by Gasteiger charge is 2.44. The SMILES string of the molecule is NC(Cn1ccc(=O)c(O[C@@H]2O[C@H](CO)[C@@H](O)[C@H](O)[C@H]2O)c1)C(=O)O. The molecule has 1 saturated heterocycles. The lowest BCUT2D eigenvalue weighted by Crippen LogP contribution is -2.60. The molecule has 11 heteroatoms. The molecule has 1 aromatic heterocycles. The van der Waals surface area contributed by atoms with Gasteiger partial charge in [-0.2, -0.15) is 0 Å². The lowest BCUT2D eigenvalue weighted by molar-refractivity contribution is -0.277. The molecular formula is C14H20N2O9. The van der Waals surface area contributed by atoms with Crippen molar-refractivity contribution in [2.75, 3.05) is 6.61 Å². The minimum Gasteiger partial charge on any atom is -0.480 e. The van der Waals surface area contributed by atoms with E-state index in [1.807, 2.05) is 0 Å². The molecule has 1 aliphatic heterocycles. The van der Waals surface area contributed by atoms with E-state index in [4.69, 9.17) is 25.4 Å². The summed E-state index contributed by atoms with van der Waals surface area (Å²) >= 11 is 0. The van der Waals surface area contributed by atoms with Crippen LogP contribution >= 0.6 is 0 Å². The van der Waals surface area contributed by atoms with E-state index in [2.05, 4.69) is 0 Å². The summed E-state index contributed by atoms with van der Waals surface area (Å²) in [5.74, 6) is -1.51. The summed E-state index contributed by atoms with van der Waals surface area (Å²) in [6.45, 7) is -0.780. The molecule has 2 heterocycles.